The molecule has 0 bridgehead atoms. The van der Waals surface area contributed by atoms with Crippen molar-refractivity contribution >= 4 is 5.69 Å². The van der Waals surface area contributed by atoms with E-state index in [4.69, 9.17) is 15.2 Å². The van der Waals surface area contributed by atoms with Gasteiger partial charge >= 0.3 is 0 Å². The van der Waals surface area contributed by atoms with Gasteiger partial charge in [-0.25, -0.2) is 0 Å². The lowest BCUT2D eigenvalue weighted by atomic mass is 9.92. The quantitative estimate of drug-likeness (QED) is 0.656. The van der Waals surface area contributed by atoms with Gasteiger partial charge in [0.1, 0.15) is 0 Å². The average Bonchev–Trinajstić information content (AvgIpc) is 2.82. The van der Waals surface area contributed by atoms with Gasteiger partial charge in [-0.2, -0.15) is 0 Å². The zero-order valence-corrected chi connectivity index (χ0v) is 10.4. The maximum Gasteiger partial charge on any atom is 0.278 e. The van der Waals surface area contributed by atoms with E-state index in [1.54, 1.807) is 6.07 Å². The van der Waals surface area contributed by atoms with Crippen LogP contribution in [-0.2, 0) is 0 Å². The number of nitrogens with two attached hydrogens (primary N) is 1. The van der Waals surface area contributed by atoms with E-state index in [1.165, 1.54) is 6.07 Å². The maximum atomic E-state index is 11.1. The highest BCUT2D eigenvalue weighted by Gasteiger charge is 2.28. The molecular weight excluding hydrogens is 236 g/mol. The van der Waals surface area contributed by atoms with Crippen molar-refractivity contribution in [3.63, 3.8) is 0 Å². The fourth-order valence-corrected chi connectivity index (χ4v) is 1.93. The molecule has 0 saturated carbocycles. The summed E-state index contributed by atoms with van der Waals surface area (Å²) in [6.07, 6.45) is 0.854. The molecule has 1 aliphatic rings. The molecule has 0 aliphatic carbocycles. The lowest BCUT2D eigenvalue weighted by molar-refractivity contribution is -0.385. The number of ether oxygens (including phenoxy) is 2. The standard InChI is InChI=1S/C12H16N2O4/c1-3-7(2)12(13)8-4-10-11(18-6-17-10)5-9(8)14(15)16/h4-5,7,12H,3,6,13H2,1-2H3/t7?,12-/m1/s1. The first-order chi connectivity index (χ1) is 8.54. The molecule has 1 aromatic carbocycles. The van der Waals surface area contributed by atoms with E-state index in [2.05, 4.69) is 0 Å². The summed E-state index contributed by atoms with van der Waals surface area (Å²) in [4.78, 5) is 10.7. The second-order valence-corrected chi connectivity index (χ2v) is 4.43. The van der Waals surface area contributed by atoms with Crippen LogP contribution in [0, 0.1) is 16.0 Å². The largest absolute Gasteiger partial charge is 0.454 e. The molecule has 1 aromatic rings. The Labute approximate surface area is 105 Å². The average molecular weight is 252 g/mol. The van der Waals surface area contributed by atoms with Crippen molar-refractivity contribution in [1.29, 1.82) is 0 Å². The first-order valence-corrected chi connectivity index (χ1v) is 5.88. The van der Waals surface area contributed by atoms with Crippen molar-refractivity contribution in [2.75, 3.05) is 6.79 Å². The molecule has 1 unspecified atom stereocenters. The first kappa shape index (κ1) is 12.6. The Balaban J connectivity index is 2.47. The molecule has 0 amide bonds. The van der Waals surface area contributed by atoms with E-state index < -0.39 is 4.92 Å². The molecule has 0 fully saturated rings. The zero-order valence-electron chi connectivity index (χ0n) is 10.4. The third kappa shape index (κ3) is 2.11. The van der Waals surface area contributed by atoms with Crippen LogP contribution in [0.4, 0.5) is 5.69 Å². The van der Waals surface area contributed by atoms with Crippen molar-refractivity contribution in [1.82, 2.24) is 0 Å². The number of nitro groups is 1. The summed E-state index contributed by atoms with van der Waals surface area (Å²) in [5, 5.41) is 11.1. The van der Waals surface area contributed by atoms with Crippen molar-refractivity contribution in [2.45, 2.75) is 26.3 Å². The molecule has 0 spiro atoms. The van der Waals surface area contributed by atoms with Crippen LogP contribution in [0.15, 0.2) is 12.1 Å². The number of nitrogens with zero attached hydrogens (tertiary/aromatic N) is 1. The monoisotopic (exact) mass is 252 g/mol. The predicted molar refractivity (Wildman–Crippen MR) is 65.6 cm³/mol. The van der Waals surface area contributed by atoms with E-state index in [0.29, 0.717) is 17.1 Å². The highest BCUT2D eigenvalue weighted by atomic mass is 16.7. The fourth-order valence-electron chi connectivity index (χ4n) is 1.93. The van der Waals surface area contributed by atoms with Crippen LogP contribution in [0.25, 0.3) is 0 Å². The van der Waals surface area contributed by atoms with Gasteiger partial charge in [-0.1, -0.05) is 20.3 Å². The van der Waals surface area contributed by atoms with E-state index in [0.717, 1.165) is 6.42 Å². The van der Waals surface area contributed by atoms with Gasteiger partial charge in [0.05, 0.1) is 16.6 Å². The van der Waals surface area contributed by atoms with Crippen LogP contribution < -0.4 is 15.2 Å². The Hall–Kier alpha value is -1.82. The van der Waals surface area contributed by atoms with Crippen molar-refractivity contribution < 1.29 is 14.4 Å². The molecular formula is C12H16N2O4. The molecule has 2 atom stereocenters. The van der Waals surface area contributed by atoms with Crippen molar-refractivity contribution in [3.05, 3.63) is 27.8 Å². The Morgan fingerprint density at radius 1 is 1.44 bits per heavy atom. The summed E-state index contributed by atoms with van der Waals surface area (Å²) < 4.78 is 10.4. The van der Waals surface area contributed by atoms with E-state index in [-0.39, 0.29) is 24.4 Å². The lowest BCUT2D eigenvalue weighted by Gasteiger charge is -2.18. The molecule has 0 radical (unpaired) electrons. The number of hydrogen-bond acceptors (Lipinski definition) is 5. The lowest BCUT2D eigenvalue weighted by Crippen LogP contribution is -2.19. The third-order valence-corrected chi connectivity index (χ3v) is 3.33. The SMILES string of the molecule is CCC(C)[C@@H](N)c1cc2c(cc1[N+](=O)[O-])OCO2. The second-order valence-electron chi connectivity index (χ2n) is 4.43. The van der Waals surface area contributed by atoms with Crippen LogP contribution in [0.2, 0.25) is 0 Å². The summed E-state index contributed by atoms with van der Waals surface area (Å²) in [6.45, 7) is 4.07. The molecule has 98 valence electrons. The van der Waals surface area contributed by atoms with Gasteiger partial charge in [-0.05, 0) is 12.0 Å². The van der Waals surface area contributed by atoms with Crippen LogP contribution >= 0.6 is 0 Å². The van der Waals surface area contributed by atoms with Crippen LogP contribution in [0.3, 0.4) is 0 Å². The molecule has 0 aromatic heterocycles. The number of nitro benzene ring substituents is 1. The number of fused-ring (bicyclic) bond motifs is 1. The minimum atomic E-state index is -0.431. The molecule has 18 heavy (non-hydrogen) atoms. The Bertz CT molecular complexity index is 475. The molecule has 2 N–H and O–H groups in total. The summed E-state index contributed by atoms with van der Waals surface area (Å²) in [6, 6.07) is 2.63. The summed E-state index contributed by atoms with van der Waals surface area (Å²) in [7, 11) is 0. The molecule has 1 aliphatic heterocycles. The molecule has 6 heteroatoms. The predicted octanol–water partition coefficient (Wildman–Crippen LogP) is 2.37. The highest BCUT2D eigenvalue weighted by Crippen LogP contribution is 2.41. The minimum Gasteiger partial charge on any atom is -0.454 e. The smallest absolute Gasteiger partial charge is 0.278 e. The topological polar surface area (TPSA) is 87.6 Å². The summed E-state index contributed by atoms with van der Waals surface area (Å²) >= 11 is 0. The molecule has 1 heterocycles. The van der Waals surface area contributed by atoms with Crippen molar-refractivity contribution in [3.8, 4) is 11.5 Å². The van der Waals surface area contributed by atoms with Gasteiger partial charge < -0.3 is 15.2 Å². The molecule has 2 rings (SSSR count). The first-order valence-electron chi connectivity index (χ1n) is 5.88. The number of hydrogen-bond donors (Lipinski definition) is 1. The van der Waals surface area contributed by atoms with Gasteiger partial charge in [-0.15, -0.1) is 0 Å². The van der Waals surface area contributed by atoms with Crippen LogP contribution in [-0.4, -0.2) is 11.7 Å². The number of benzene rings is 1. The van der Waals surface area contributed by atoms with E-state index in [9.17, 15) is 10.1 Å². The maximum absolute atomic E-state index is 11.1. The van der Waals surface area contributed by atoms with Gasteiger partial charge in [0.2, 0.25) is 6.79 Å². The van der Waals surface area contributed by atoms with Gasteiger partial charge in [0, 0.05) is 6.04 Å². The normalized spacial score (nSPS) is 16.4. The van der Waals surface area contributed by atoms with Crippen LogP contribution in [0.1, 0.15) is 31.9 Å². The summed E-state index contributed by atoms with van der Waals surface area (Å²) in [5.74, 6) is 1.08. The summed E-state index contributed by atoms with van der Waals surface area (Å²) in [5.41, 5.74) is 6.57. The number of rotatable bonds is 4. The van der Waals surface area contributed by atoms with Gasteiger partial charge in [-0.3, -0.25) is 10.1 Å². The fraction of sp³-hybridized carbons (Fsp3) is 0.500. The van der Waals surface area contributed by atoms with E-state index >= 15 is 0 Å². The van der Waals surface area contributed by atoms with Gasteiger partial charge in [0.15, 0.2) is 11.5 Å². The van der Waals surface area contributed by atoms with E-state index in [1.807, 2.05) is 13.8 Å². The van der Waals surface area contributed by atoms with Crippen molar-refractivity contribution in [2.24, 2.45) is 11.7 Å². The Morgan fingerprint density at radius 2 is 2.06 bits per heavy atom. The minimum absolute atomic E-state index is 0.00736. The van der Waals surface area contributed by atoms with Crippen LogP contribution in [0.5, 0.6) is 11.5 Å². The highest BCUT2D eigenvalue weighted by molar-refractivity contribution is 5.56. The van der Waals surface area contributed by atoms with Gasteiger partial charge in [0.25, 0.3) is 5.69 Å². The Kier molecular flexibility index (Phi) is 3.38. The Morgan fingerprint density at radius 3 is 2.61 bits per heavy atom. The second kappa shape index (κ2) is 4.81. The molecule has 0 saturated heterocycles. The zero-order chi connectivity index (χ0) is 13.3. The third-order valence-electron chi connectivity index (χ3n) is 3.33. The molecule has 6 nitrogen and oxygen atoms in total.